The highest BCUT2D eigenvalue weighted by Gasteiger charge is 2.30. The largest absolute Gasteiger partial charge is 0.384 e. The van der Waals surface area contributed by atoms with Crippen LogP contribution in [-0.2, 0) is 9.84 Å². The second kappa shape index (κ2) is 6.24. The van der Waals surface area contributed by atoms with Crippen LogP contribution in [0.4, 0.5) is 10.2 Å². The Kier molecular flexibility index (Phi) is 4.42. The zero-order valence-corrected chi connectivity index (χ0v) is 14.9. The Hall–Kier alpha value is -1.82. The van der Waals surface area contributed by atoms with Gasteiger partial charge in [0.05, 0.1) is 4.90 Å². The summed E-state index contributed by atoms with van der Waals surface area (Å²) in [5.74, 6) is -0.157. The van der Waals surface area contributed by atoms with Crippen molar-refractivity contribution >= 4 is 15.7 Å². The molecule has 1 aliphatic rings. The van der Waals surface area contributed by atoms with Gasteiger partial charge in [0.15, 0.2) is 0 Å². The van der Waals surface area contributed by atoms with Crippen molar-refractivity contribution in [3.8, 4) is 0 Å². The van der Waals surface area contributed by atoms with Crippen LogP contribution in [0.5, 0.6) is 0 Å². The molecule has 24 heavy (non-hydrogen) atoms. The highest BCUT2D eigenvalue weighted by molar-refractivity contribution is 7.91. The number of aromatic nitrogens is 1. The molecule has 1 aromatic heterocycles. The van der Waals surface area contributed by atoms with Gasteiger partial charge in [0.2, 0.25) is 9.84 Å². The Morgan fingerprint density at radius 1 is 1.08 bits per heavy atom. The first-order valence-corrected chi connectivity index (χ1v) is 9.80. The summed E-state index contributed by atoms with van der Waals surface area (Å²) in [5, 5.41) is 0. The summed E-state index contributed by atoms with van der Waals surface area (Å²) in [6, 6.07) is 5.15. The van der Waals surface area contributed by atoms with E-state index in [1.807, 2.05) is 11.5 Å². The highest BCUT2D eigenvalue weighted by atomic mass is 32.2. The molecule has 6 heteroatoms. The lowest BCUT2D eigenvalue weighted by atomic mass is 9.95. The van der Waals surface area contributed by atoms with E-state index in [2.05, 4.69) is 0 Å². The van der Waals surface area contributed by atoms with Gasteiger partial charge in [-0.2, -0.15) is 0 Å². The molecule has 2 N–H and O–H groups in total. The van der Waals surface area contributed by atoms with Gasteiger partial charge >= 0.3 is 0 Å². The van der Waals surface area contributed by atoms with Crippen molar-refractivity contribution in [2.24, 2.45) is 0 Å². The van der Waals surface area contributed by atoms with Gasteiger partial charge in [0.1, 0.15) is 16.5 Å². The number of sulfone groups is 1. The molecule has 1 fully saturated rings. The summed E-state index contributed by atoms with van der Waals surface area (Å²) in [7, 11) is -3.77. The Morgan fingerprint density at radius 2 is 1.67 bits per heavy atom. The summed E-state index contributed by atoms with van der Waals surface area (Å²) in [4.78, 5) is 0.233. The molecule has 4 nitrogen and oxygen atoms in total. The van der Waals surface area contributed by atoms with Crippen molar-refractivity contribution < 1.29 is 12.8 Å². The molecule has 0 atom stereocenters. The van der Waals surface area contributed by atoms with Crippen molar-refractivity contribution in [1.29, 1.82) is 0 Å². The number of halogens is 1. The first-order valence-electron chi connectivity index (χ1n) is 8.31. The van der Waals surface area contributed by atoms with Crippen molar-refractivity contribution in [1.82, 2.24) is 4.57 Å². The Labute approximate surface area is 142 Å². The maximum Gasteiger partial charge on any atom is 0.210 e. The van der Waals surface area contributed by atoms with Crippen LogP contribution < -0.4 is 5.73 Å². The van der Waals surface area contributed by atoms with Crippen LogP contribution in [0.2, 0.25) is 0 Å². The van der Waals surface area contributed by atoms with Crippen molar-refractivity contribution in [2.45, 2.75) is 61.8 Å². The third-order valence-electron chi connectivity index (χ3n) is 5.07. The fraction of sp³-hybridized carbons (Fsp3) is 0.444. The first-order chi connectivity index (χ1) is 11.3. The molecule has 0 spiro atoms. The topological polar surface area (TPSA) is 65.1 Å². The van der Waals surface area contributed by atoms with E-state index < -0.39 is 15.7 Å². The molecule has 1 heterocycles. The minimum Gasteiger partial charge on any atom is -0.384 e. The molecule has 3 rings (SSSR count). The highest BCUT2D eigenvalue weighted by Crippen LogP contribution is 2.39. The zero-order chi connectivity index (χ0) is 17.5. The van der Waals surface area contributed by atoms with Gasteiger partial charge in [-0.15, -0.1) is 0 Å². The van der Waals surface area contributed by atoms with Crippen LogP contribution in [0.25, 0.3) is 0 Å². The summed E-state index contributed by atoms with van der Waals surface area (Å²) in [5.41, 5.74) is 7.88. The van der Waals surface area contributed by atoms with E-state index in [9.17, 15) is 12.8 Å². The van der Waals surface area contributed by atoms with Crippen LogP contribution in [-0.4, -0.2) is 13.0 Å². The number of rotatable bonds is 3. The third kappa shape index (κ3) is 2.73. The van der Waals surface area contributed by atoms with Gasteiger partial charge in [-0.05, 0) is 56.5 Å². The normalized spacial score (nSPS) is 16.5. The van der Waals surface area contributed by atoms with E-state index in [-0.39, 0.29) is 15.8 Å². The third-order valence-corrected chi connectivity index (χ3v) is 7.01. The summed E-state index contributed by atoms with van der Waals surface area (Å²) >= 11 is 0. The molecule has 1 aliphatic carbocycles. The maximum absolute atomic E-state index is 13.1. The number of hydrogen-bond acceptors (Lipinski definition) is 3. The van der Waals surface area contributed by atoms with Crippen LogP contribution >= 0.6 is 0 Å². The fourth-order valence-corrected chi connectivity index (χ4v) is 5.36. The van der Waals surface area contributed by atoms with E-state index in [1.54, 1.807) is 6.92 Å². The second-order valence-electron chi connectivity index (χ2n) is 6.54. The number of nitrogens with two attached hydrogens (primary N) is 1. The lowest BCUT2D eigenvalue weighted by Gasteiger charge is -2.26. The van der Waals surface area contributed by atoms with Crippen molar-refractivity contribution in [3.05, 3.63) is 41.3 Å². The Balaban J connectivity index is 2.13. The van der Waals surface area contributed by atoms with Crippen LogP contribution in [0.15, 0.2) is 34.1 Å². The molecule has 1 aromatic carbocycles. The number of nitrogen functional groups attached to an aromatic ring is 1. The quantitative estimate of drug-likeness (QED) is 0.845. The number of anilines is 1. The predicted molar refractivity (Wildman–Crippen MR) is 92.3 cm³/mol. The monoisotopic (exact) mass is 350 g/mol. The number of hydrogen-bond donors (Lipinski definition) is 1. The average molecular weight is 350 g/mol. The second-order valence-corrected chi connectivity index (χ2v) is 8.43. The molecular weight excluding hydrogens is 327 g/mol. The molecule has 0 aliphatic heterocycles. The molecule has 0 amide bonds. The summed E-state index contributed by atoms with van der Waals surface area (Å²) in [6.45, 7) is 3.71. The average Bonchev–Trinajstić information content (AvgIpc) is 2.78. The minimum absolute atomic E-state index is 0.0690. The SMILES string of the molecule is Cc1c(S(=O)(=O)c2ccc(F)cc2)c(N)n(C2CCCCC2)c1C. The fourth-order valence-electron chi connectivity index (χ4n) is 3.71. The predicted octanol–water partition coefficient (Wildman–Crippen LogP) is 4.16. The van der Waals surface area contributed by atoms with E-state index in [0.29, 0.717) is 11.4 Å². The van der Waals surface area contributed by atoms with E-state index in [0.717, 1.165) is 43.5 Å². The summed E-state index contributed by atoms with van der Waals surface area (Å²) < 4.78 is 41.2. The molecule has 130 valence electrons. The first kappa shape index (κ1) is 17.0. The van der Waals surface area contributed by atoms with Gasteiger partial charge < -0.3 is 10.3 Å². The molecule has 0 radical (unpaired) electrons. The molecule has 0 saturated heterocycles. The lowest BCUT2D eigenvalue weighted by Crippen LogP contribution is -2.16. The zero-order valence-electron chi connectivity index (χ0n) is 14.0. The molecular formula is C18H23FN2O2S. The summed E-state index contributed by atoms with van der Waals surface area (Å²) in [6.07, 6.45) is 5.54. The van der Waals surface area contributed by atoms with Gasteiger partial charge in [-0.25, -0.2) is 12.8 Å². The van der Waals surface area contributed by atoms with E-state index >= 15 is 0 Å². The lowest BCUT2D eigenvalue weighted by molar-refractivity contribution is 0.352. The van der Waals surface area contributed by atoms with E-state index in [1.165, 1.54) is 18.6 Å². The molecule has 1 saturated carbocycles. The minimum atomic E-state index is -3.77. The molecule has 0 unspecified atom stereocenters. The Bertz CT molecular complexity index is 848. The van der Waals surface area contributed by atoms with Crippen LogP contribution in [0, 0.1) is 19.7 Å². The van der Waals surface area contributed by atoms with Crippen LogP contribution in [0.1, 0.15) is 49.4 Å². The van der Waals surface area contributed by atoms with Crippen LogP contribution in [0.3, 0.4) is 0 Å². The van der Waals surface area contributed by atoms with Gasteiger partial charge in [0, 0.05) is 11.7 Å². The van der Waals surface area contributed by atoms with Gasteiger partial charge in [-0.3, -0.25) is 0 Å². The maximum atomic E-state index is 13.1. The van der Waals surface area contributed by atoms with E-state index in [4.69, 9.17) is 5.73 Å². The van der Waals surface area contributed by atoms with Crippen molar-refractivity contribution in [2.75, 3.05) is 5.73 Å². The molecule has 2 aromatic rings. The smallest absolute Gasteiger partial charge is 0.210 e. The van der Waals surface area contributed by atoms with Gasteiger partial charge in [-0.1, -0.05) is 19.3 Å². The molecule has 0 bridgehead atoms. The van der Waals surface area contributed by atoms with Crippen molar-refractivity contribution in [3.63, 3.8) is 0 Å². The Morgan fingerprint density at radius 3 is 2.25 bits per heavy atom. The van der Waals surface area contributed by atoms with Gasteiger partial charge in [0.25, 0.3) is 0 Å². The number of nitrogens with zero attached hydrogens (tertiary/aromatic N) is 1. The standard InChI is InChI=1S/C18H23FN2O2S/c1-12-13(2)21(15-6-4-3-5-7-15)18(20)17(12)24(22,23)16-10-8-14(19)9-11-16/h8-11,15H,3-7,20H2,1-2H3. The number of benzene rings is 1.